The lowest BCUT2D eigenvalue weighted by Gasteiger charge is -2.09. The topological polar surface area (TPSA) is 0 Å². The van der Waals surface area contributed by atoms with Crippen molar-refractivity contribution in [3.05, 3.63) is 166 Å². The van der Waals surface area contributed by atoms with Gasteiger partial charge in [0.15, 0.2) is 0 Å². The monoisotopic (exact) mass is 656 g/mol. The molecule has 6 aromatic rings. The quantitative estimate of drug-likeness (QED) is 0.0857. The molecule has 0 amide bonds. The molecular formula is C49H49F. The van der Waals surface area contributed by atoms with Gasteiger partial charge >= 0.3 is 0 Å². The minimum atomic E-state index is -0.256. The predicted molar refractivity (Wildman–Crippen MR) is 212 cm³/mol. The molecular weight excluding hydrogens is 608 g/mol. The number of hydrogen-bond donors (Lipinski definition) is 0. The summed E-state index contributed by atoms with van der Waals surface area (Å²) in [6, 6.07) is 43.4. The highest BCUT2D eigenvalue weighted by Crippen LogP contribution is 2.27. The van der Waals surface area contributed by atoms with E-state index in [2.05, 4.69) is 142 Å². The van der Waals surface area contributed by atoms with Crippen LogP contribution in [0.2, 0.25) is 0 Å². The van der Waals surface area contributed by atoms with Crippen molar-refractivity contribution < 1.29 is 4.39 Å². The largest absolute Gasteiger partial charge is 0.206 e. The third-order valence-corrected chi connectivity index (χ3v) is 9.91. The number of halogens is 1. The normalized spacial score (nSPS) is 11.0. The number of fused-ring (bicyclic) bond motifs is 1. The standard InChI is InChI=1S/C49H49F/c1-4-7-9-11-37-14-23-42(24-15-37)43-25-18-38(19-26-43)12-13-39-20-29-46-33-40(21-30-45(46)32-39)22-31-48-41(6-3)34-47(35-49(48)50)44-27-16-36(17-28-44)10-8-5-2/h14-21,23-30,32-35H,4-13H2,1-3H3. The van der Waals surface area contributed by atoms with Crippen molar-refractivity contribution in [1.29, 1.82) is 0 Å². The Labute approximate surface area is 299 Å². The average Bonchev–Trinajstić information content (AvgIpc) is 3.16. The van der Waals surface area contributed by atoms with Crippen LogP contribution in [0.25, 0.3) is 33.0 Å². The fourth-order valence-electron chi connectivity index (χ4n) is 6.75. The minimum Gasteiger partial charge on any atom is -0.206 e. The zero-order valence-electron chi connectivity index (χ0n) is 30.0. The van der Waals surface area contributed by atoms with E-state index in [0.717, 1.165) is 53.3 Å². The van der Waals surface area contributed by atoms with Crippen LogP contribution in [0.5, 0.6) is 0 Å². The van der Waals surface area contributed by atoms with Crippen molar-refractivity contribution in [1.82, 2.24) is 0 Å². The number of aryl methyl sites for hydroxylation is 5. The fourth-order valence-corrected chi connectivity index (χ4v) is 6.75. The molecule has 0 spiro atoms. The van der Waals surface area contributed by atoms with E-state index in [0.29, 0.717) is 5.56 Å². The maximum atomic E-state index is 15.5. The van der Waals surface area contributed by atoms with Crippen LogP contribution in [0.15, 0.2) is 121 Å². The van der Waals surface area contributed by atoms with E-state index in [1.165, 1.54) is 77.3 Å². The molecule has 0 atom stereocenters. The number of benzene rings is 6. The van der Waals surface area contributed by atoms with Gasteiger partial charge < -0.3 is 0 Å². The molecule has 50 heavy (non-hydrogen) atoms. The Morgan fingerprint density at radius 1 is 0.440 bits per heavy atom. The van der Waals surface area contributed by atoms with Crippen molar-refractivity contribution in [3.8, 4) is 34.1 Å². The maximum Gasteiger partial charge on any atom is 0.139 e. The van der Waals surface area contributed by atoms with Gasteiger partial charge in [0, 0.05) is 5.56 Å². The van der Waals surface area contributed by atoms with Gasteiger partial charge in [-0.2, -0.15) is 0 Å². The summed E-state index contributed by atoms with van der Waals surface area (Å²) in [5.41, 5.74) is 12.3. The molecule has 0 aromatic heterocycles. The molecule has 6 aromatic carbocycles. The lowest BCUT2D eigenvalue weighted by atomic mass is 9.96. The van der Waals surface area contributed by atoms with Crippen LogP contribution in [0.3, 0.4) is 0 Å². The first kappa shape index (κ1) is 34.9. The molecule has 0 bridgehead atoms. The Bertz CT molecular complexity index is 2070. The molecule has 0 fully saturated rings. The van der Waals surface area contributed by atoms with E-state index in [4.69, 9.17) is 0 Å². The van der Waals surface area contributed by atoms with Crippen LogP contribution in [0, 0.1) is 17.7 Å². The summed E-state index contributed by atoms with van der Waals surface area (Å²) in [5.74, 6) is 6.17. The summed E-state index contributed by atoms with van der Waals surface area (Å²) in [4.78, 5) is 0. The Morgan fingerprint density at radius 3 is 1.58 bits per heavy atom. The second-order valence-electron chi connectivity index (χ2n) is 13.6. The fraction of sp³-hybridized carbons (Fsp3) is 0.265. The van der Waals surface area contributed by atoms with Crippen molar-refractivity contribution in [2.45, 2.75) is 85.0 Å². The van der Waals surface area contributed by atoms with Gasteiger partial charge in [0.05, 0.1) is 5.56 Å². The molecule has 0 radical (unpaired) electrons. The lowest BCUT2D eigenvalue weighted by Crippen LogP contribution is -1.95. The molecule has 0 N–H and O–H groups in total. The molecule has 0 saturated carbocycles. The molecule has 0 aliphatic carbocycles. The van der Waals surface area contributed by atoms with Gasteiger partial charge in [-0.1, -0.05) is 149 Å². The first-order valence-corrected chi connectivity index (χ1v) is 18.7. The van der Waals surface area contributed by atoms with Crippen LogP contribution in [-0.4, -0.2) is 0 Å². The number of rotatable bonds is 13. The summed E-state index contributed by atoms with van der Waals surface area (Å²) in [5, 5.41) is 2.35. The zero-order valence-corrected chi connectivity index (χ0v) is 30.0. The van der Waals surface area contributed by atoms with Gasteiger partial charge in [0.2, 0.25) is 0 Å². The van der Waals surface area contributed by atoms with Crippen molar-refractivity contribution in [2.24, 2.45) is 0 Å². The summed E-state index contributed by atoms with van der Waals surface area (Å²) < 4.78 is 15.5. The van der Waals surface area contributed by atoms with E-state index < -0.39 is 0 Å². The van der Waals surface area contributed by atoms with Gasteiger partial charge in [-0.15, -0.1) is 0 Å². The number of unbranched alkanes of at least 4 members (excludes halogenated alkanes) is 3. The van der Waals surface area contributed by atoms with E-state index >= 15 is 4.39 Å². The summed E-state index contributed by atoms with van der Waals surface area (Å²) in [6.07, 6.45) is 11.2. The van der Waals surface area contributed by atoms with Crippen LogP contribution in [0.1, 0.15) is 91.8 Å². The lowest BCUT2D eigenvalue weighted by molar-refractivity contribution is 0.622. The highest BCUT2D eigenvalue weighted by molar-refractivity contribution is 5.84. The molecule has 0 heterocycles. The van der Waals surface area contributed by atoms with Crippen molar-refractivity contribution in [2.75, 3.05) is 0 Å². The maximum absolute atomic E-state index is 15.5. The Morgan fingerprint density at radius 2 is 0.960 bits per heavy atom. The van der Waals surface area contributed by atoms with Crippen LogP contribution in [-0.2, 0) is 32.1 Å². The van der Waals surface area contributed by atoms with E-state index in [1.807, 2.05) is 6.07 Å². The highest BCUT2D eigenvalue weighted by atomic mass is 19.1. The van der Waals surface area contributed by atoms with Gasteiger partial charge in [-0.05, 0) is 130 Å². The van der Waals surface area contributed by atoms with E-state index in [1.54, 1.807) is 6.07 Å². The van der Waals surface area contributed by atoms with Crippen LogP contribution >= 0.6 is 0 Å². The second kappa shape index (κ2) is 17.1. The van der Waals surface area contributed by atoms with Gasteiger partial charge in [0.1, 0.15) is 5.82 Å². The zero-order chi connectivity index (χ0) is 34.7. The predicted octanol–water partition coefficient (Wildman–Crippen LogP) is 13.1. The molecule has 0 unspecified atom stereocenters. The van der Waals surface area contributed by atoms with Crippen LogP contribution in [0.4, 0.5) is 4.39 Å². The molecule has 0 saturated heterocycles. The summed E-state index contributed by atoms with van der Waals surface area (Å²) in [6.45, 7) is 6.53. The first-order valence-electron chi connectivity index (χ1n) is 18.7. The Hall–Kier alpha value is -4.93. The molecule has 0 aliphatic rings. The van der Waals surface area contributed by atoms with E-state index in [9.17, 15) is 0 Å². The number of hydrogen-bond acceptors (Lipinski definition) is 0. The molecule has 252 valence electrons. The van der Waals surface area contributed by atoms with Crippen LogP contribution < -0.4 is 0 Å². The third-order valence-electron chi connectivity index (χ3n) is 9.91. The van der Waals surface area contributed by atoms with Gasteiger partial charge in [-0.3, -0.25) is 0 Å². The van der Waals surface area contributed by atoms with Crippen molar-refractivity contribution >= 4 is 10.8 Å². The minimum absolute atomic E-state index is 0.256. The first-order chi connectivity index (χ1) is 24.5. The smallest absolute Gasteiger partial charge is 0.139 e. The average molecular weight is 657 g/mol. The molecule has 1 heteroatoms. The molecule has 6 rings (SSSR count). The summed E-state index contributed by atoms with van der Waals surface area (Å²) >= 11 is 0. The van der Waals surface area contributed by atoms with E-state index in [-0.39, 0.29) is 5.82 Å². The SMILES string of the molecule is CCCCCc1ccc(-c2ccc(CCc3ccc4cc(C#Cc5c(F)cc(-c6ccc(CCCC)cc6)cc5CC)ccc4c3)cc2)cc1. The molecule has 0 aliphatic heterocycles. The van der Waals surface area contributed by atoms with Gasteiger partial charge in [0.25, 0.3) is 0 Å². The third kappa shape index (κ3) is 8.99. The molecule has 0 nitrogen and oxygen atoms in total. The second-order valence-corrected chi connectivity index (χ2v) is 13.6. The van der Waals surface area contributed by atoms with Gasteiger partial charge in [-0.25, -0.2) is 4.39 Å². The Balaban J connectivity index is 1.09. The summed E-state index contributed by atoms with van der Waals surface area (Å²) in [7, 11) is 0. The Kier molecular flexibility index (Phi) is 12.0. The highest BCUT2D eigenvalue weighted by Gasteiger charge is 2.10. The van der Waals surface area contributed by atoms with Crippen molar-refractivity contribution in [3.63, 3.8) is 0 Å².